The van der Waals surface area contributed by atoms with Crippen molar-refractivity contribution in [2.45, 2.75) is 6.61 Å². The van der Waals surface area contributed by atoms with E-state index < -0.39 is 5.97 Å². The summed E-state index contributed by atoms with van der Waals surface area (Å²) in [5.41, 5.74) is 0.682. The van der Waals surface area contributed by atoms with Crippen molar-refractivity contribution in [3.63, 3.8) is 0 Å². The van der Waals surface area contributed by atoms with Crippen LogP contribution < -0.4 is 4.74 Å². The van der Waals surface area contributed by atoms with Crippen LogP contribution in [0.5, 0.6) is 5.75 Å². The second-order valence-corrected chi connectivity index (χ2v) is 2.82. The van der Waals surface area contributed by atoms with E-state index in [-0.39, 0.29) is 13.2 Å². The first kappa shape index (κ1) is 11.3. The molecule has 4 nitrogen and oxygen atoms in total. The molecular formula is C11H12O4. The van der Waals surface area contributed by atoms with Crippen molar-refractivity contribution in [2.24, 2.45) is 0 Å². The molecule has 0 heterocycles. The molecule has 0 bridgehead atoms. The summed E-state index contributed by atoms with van der Waals surface area (Å²) >= 11 is 0. The number of carboxylic acid groups (broad SMARTS) is 1. The summed E-state index contributed by atoms with van der Waals surface area (Å²) in [6, 6.07) is 7.05. The first-order valence-corrected chi connectivity index (χ1v) is 4.45. The van der Waals surface area contributed by atoms with Crippen LogP contribution in [0.3, 0.4) is 0 Å². The lowest BCUT2D eigenvalue weighted by atomic mass is 10.2. The fourth-order valence-electron chi connectivity index (χ4n) is 1.06. The molecule has 0 aliphatic heterocycles. The zero-order chi connectivity index (χ0) is 11.1. The molecule has 2 N–H and O–H groups in total. The van der Waals surface area contributed by atoms with Crippen LogP contribution in [0.1, 0.15) is 5.56 Å². The number of carboxylic acids is 1. The third-order valence-corrected chi connectivity index (χ3v) is 1.74. The zero-order valence-corrected chi connectivity index (χ0v) is 8.09. The maximum Gasteiger partial charge on any atom is 0.328 e. The molecule has 0 saturated heterocycles. The van der Waals surface area contributed by atoms with Crippen molar-refractivity contribution in [1.82, 2.24) is 0 Å². The first-order chi connectivity index (χ1) is 7.24. The number of aliphatic hydroxyl groups is 1. The van der Waals surface area contributed by atoms with Crippen molar-refractivity contribution >= 4 is 5.97 Å². The third kappa shape index (κ3) is 3.83. The Morgan fingerprint density at radius 1 is 1.40 bits per heavy atom. The molecule has 0 fully saturated rings. The largest absolute Gasteiger partial charge is 0.489 e. The van der Waals surface area contributed by atoms with Crippen LogP contribution in [-0.2, 0) is 11.4 Å². The number of hydrogen-bond acceptors (Lipinski definition) is 3. The van der Waals surface area contributed by atoms with Crippen LogP contribution in [-0.4, -0.2) is 22.8 Å². The average Bonchev–Trinajstić information content (AvgIpc) is 2.24. The highest BCUT2D eigenvalue weighted by atomic mass is 16.5. The van der Waals surface area contributed by atoms with E-state index in [4.69, 9.17) is 14.9 Å². The molecule has 0 saturated carbocycles. The van der Waals surface area contributed by atoms with Crippen LogP contribution in [0.2, 0.25) is 0 Å². The van der Waals surface area contributed by atoms with Gasteiger partial charge in [-0.3, -0.25) is 0 Å². The summed E-state index contributed by atoms with van der Waals surface area (Å²) in [5.74, 6) is -0.441. The number of para-hydroxylation sites is 1. The van der Waals surface area contributed by atoms with Crippen LogP contribution >= 0.6 is 0 Å². The Balaban J connectivity index is 2.53. The van der Waals surface area contributed by atoms with Crippen LogP contribution in [0.15, 0.2) is 36.4 Å². The monoisotopic (exact) mass is 208 g/mol. The van der Waals surface area contributed by atoms with E-state index in [1.165, 1.54) is 6.08 Å². The molecule has 0 atom stereocenters. The third-order valence-electron chi connectivity index (χ3n) is 1.74. The van der Waals surface area contributed by atoms with Crippen molar-refractivity contribution < 1.29 is 19.7 Å². The van der Waals surface area contributed by atoms with E-state index in [0.29, 0.717) is 11.3 Å². The number of hydrogen-bond donors (Lipinski definition) is 2. The molecule has 15 heavy (non-hydrogen) atoms. The van der Waals surface area contributed by atoms with Gasteiger partial charge in [-0.2, -0.15) is 0 Å². The molecule has 1 rings (SSSR count). The summed E-state index contributed by atoms with van der Waals surface area (Å²) in [6.45, 7) is 0.0716. The second-order valence-electron chi connectivity index (χ2n) is 2.82. The van der Waals surface area contributed by atoms with Gasteiger partial charge < -0.3 is 14.9 Å². The number of aliphatic hydroxyl groups excluding tert-OH is 1. The maximum absolute atomic E-state index is 10.2. The van der Waals surface area contributed by atoms with Gasteiger partial charge >= 0.3 is 5.97 Å². The van der Waals surface area contributed by atoms with E-state index in [1.54, 1.807) is 24.3 Å². The fourth-order valence-corrected chi connectivity index (χ4v) is 1.06. The average molecular weight is 208 g/mol. The van der Waals surface area contributed by atoms with Gasteiger partial charge in [0.25, 0.3) is 0 Å². The molecular weight excluding hydrogens is 196 g/mol. The summed E-state index contributed by atoms with van der Waals surface area (Å²) in [7, 11) is 0. The predicted octanol–water partition coefficient (Wildman–Crippen LogP) is 1.20. The van der Waals surface area contributed by atoms with E-state index in [9.17, 15) is 4.79 Å². The Hall–Kier alpha value is -1.81. The lowest BCUT2D eigenvalue weighted by Gasteiger charge is -2.06. The predicted molar refractivity (Wildman–Crippen MR) is 54.6 cm³/mol. The molecule has 1 aromatic carbocycles. The Kier molecular flexibility index (Phi) is 4.37. The van der Waals surface area contributed by atoms with Crippen molar-refractivity contribution in [2.75, 3.05) is 6.61 Å². The van der Waals surface area contributed by atoms with E-state index >= 15 is 0 Å². The van der Waals surface area contributed by atoms with E-state index in [2.05, 4.69) is 0 Å². The number of ether oxygens (including phenoxy) is 1. The quantitative estimate of drug-likeness (QED) is 0.713. The fraction of sp³-hybridized carbons (Fsp3) is 0.182. The van der Waals surface area contributed by atoms with Gasteiger partial charge in [-0.25, -0.2) is 4.79 Å². The molecule has 4 heteroatoms. The molecule has 0 aliphatic rings. The van der Waals surface area contributed by atoms with Crippen molar-refractivity contribution in [3.05, 3.63) is 42.0 Å². The Labute approximate surface area is 87.4 Å². The van der Waals surface area contributed by atoms with E-state index in [0.717, 1.165) is 6.08 Å². The number of rotatable bonds is 5. The van der Waals surface area contributed by atoms with Gasteiger partial charge in [0.1, 0.15) is 12.4 Å². The molecule has 1 aromatic rings. The second kappa shape index (κ2) is 5.82. The van der Waals surface area contributed by atoms with Crippen molar-refractivity contribution in [3.8, 4) is 5.75 Å². The minimum atomic E-state index is -1.01. The standard InChI is InChI=1S/C11H12O4/c12-8-9-4-1-2-5-10(9)15-7-3-6-11(13)14/h1-6,12H,7-8H2,(H,13,14)/b6-3+. The highest BCUT2D eigenvalue weighted by Gasteiger charge is 1.99. The van der Waals surface area contributed by atoms with Gasteiger partial charge in [0.2, 0.25) is 0 Å². The molecule has 0 aromatic heterocycles. The molecule has 0 spiro atoms. The highest BCUT2D eigenvalue weighted by Crippen LogP contribution is 2.17. The van der Waals surface area contributed by atoms with Crippen molar-refractivity contribution in [1.29, 1.82) is 0 Å². The summed E-state index contributed by atoms with van der Waals surface area (Å²) in [5, 5.41) is 17.3. The van der Waals surface area contributed by atoms with Gasteiger partial charge in [0.15, 0.2) is 0 Å². The van der Waals surface area contributed by atoms with Gasteiger partial charge in [0.05, 0.1) is 6.61 Å². The molecule has 0 aliphatic carbocycles. The van der Waals surface area contributed by atoms with E-state index in [1.807, 2.05) is 0 Å². The van der Waals surface area contributed by atoms with Gasteiger partial charge in [-0.05, 0) is 12.1 Å². The smallest absolute Gasteiger partial charge is 0.328 e. The molecule has 0 amide bonds. The number of aliphatic carboxylic acids is 1. The number of benzene rings is 1. The zero-order valence-electron chi connectivity index (χ0n) is 8.09. The lowest BCUT2D eigenvalue weighted by Crippen LogP contribution is -1.98. The minimum absolute atomic E-state index is 0.0984. The molecule has 0 radical (unpaired) electrons. The van der Waals surface area contributed by atoms with Crippen LogP contribution in [0.25, 0.3) is 0 Å². The number of carbonyl (C=O) groups is 1. The van der Waals surface area contributed by atoms with Gasteiger partial charge in [-0.15, -0.1) is 0 Å². The maximum atomic E-state index is 10.2. The van der Waals surface area contributed by atoms with Crippen LogP contribution in [0, 0.1) is 0 Å². The lowest BCUT2D eigenvalue weighted by molar-refractivity contribution is -0.131. The van der Waals surface area contributed by atoms with Gasteiger partial charge in [-0.1, -0.05) is 18.2 Å². The summed E-state index contributed by atoms with van der Waals surface area (Å²) in [6.07, 6.45) is 2.41. The Bertz CT molecular complexity index is 357. The Morgan fingerprint density at radius 3 is 2.80 bits per heavy atom. The Morgan fingerprint density at radius 2 is 2.13 bits per heavy atom. The van der Waals surface area contributed by atoms with Gasteiger partial charge in [0, 0.05) is 11.6 Å². The minimum Gasteiger partial charge on any atom is -0.489 e. The molecule has 0 unspecified atom stereocenters. The SMILES string of the molecule is O=C(O)/C=C/COc1ccccc1CO. The topological polar surface area (TPSA) is 66.8 Å². The molecule has 80 valence electrons. The van der Waals surface area contributed by atoms with Crippen LogP contribution in [0.4, 0.5) is 0 Å². The highest BCUT2D eigenvalue weighted by molar-refractivity contribution is 5.79. The first-order valence-electron chi connectivity index (χ1n) is 4.45. The normalized spacial score (nSPS) is 10.5. The summed E-state index contributed by atoms with van der Waals surface area (Å²) in [4.78, 5) is 10.2. The summed E-state index contributed by atoms with van der Waals surface area (Å²) < 4.78 is 5.27.